The molecular formula is C21H16F4N4O2. The van der Waals surface area contributed by atoms with Gasteiger partial charge in [-0.1, -0.05) is 6.07 Å². The van der Waals surface area contributed by atoms with Crippen molar-refractivity contribution in [1.29, 1.82) is 0 Å². The molecule has 1 aromatic heterocycles. The van der Waals surface area contributed by atoms with Crippen molar-refractivity contribution >= 4 is 11.6 Å². The monoisotopic (exact) mass is 432 g/mol. The second-order valence-corrected chi connectivity index (χ2v) is 6.81. The van der Waals surface area contributed by atoms with Crippen molar-refractivity contribution in [3.05, 3.63) is 71.7 Å². The third kappa shape index (κ3) is 4.19. The normalized spacial score (nSPS) is 15.7. The highest BCUT2D eigenvalue weighted by atomic mass is 19.1. The Morgan fingerprint density at radius 2 is 1.81 bits per heavy atom. The quantitative estimate of drug-likeness (QED) is 0.602. The molecule has 6 nitrogen and oxygen atoms in total. The average molecular weight is 432 g/mol. The molecule has 2 heterocycles. The number of carbonyl (C=O) groups is 1. The maximum absolute atomic E-state index is 15.1. The van der Waals surface area contributed by atoms with Crippen molar-refractivity contribution in [1.82, 2.24) is 15.3 Å². The number of benzene rings is 2. The summed E-state index contributed by atoms with van der Waals surface area (Å²) in [6.45, 7) is 1.37. The molecule has 0 radical (unpaired) electrons. The van der Waals surface area contributed by atoms with Crippen LogP contribution in [0.3, 0.4) is 0 Å². The highest BCUT2D eigenvalue weighted by Gasteiger charge is 2.25. The molecule has 0 bridgehead atoms. The molecule has 2 aromatic carbocycles. The third-order valence-corrected chi connectivity index (χ3v) is 4.77. The van der Waals surface area contributed by atoms with Gasteiger partial charge in [0.2, 0.25) is 5.88 Å². The first kappa shape index (κ1) is 20.7. The van der Waals surface area contributed by atoms with E-state index in [0.717, 1.165) is 43.3 Å². The Kier molecular flexibility index (Phi) is 5.81. The van der Waals surface area contributed by atoms with Gasteiger partial charge in [0.25, 0.3) is 5.91 Å². The second-order valence-electron chi connectivity index (χ2n) is 6.81. The molecule has 1 atom stereocenters. The predicted molar refractivity (Wildman–Crippen MR) is 104 cm³/mol. The number of nitrogens with one attached hydrogen (secondary N) is 2. The zero-order valence-electron chi connectivity index (χ0n) is 16.0. The van der Waals surface area contributed by atoms with Crippen LogP contribution in [0.1, 0.15) is 16.8 Å². The number of hydrogen-bond acceptors (Lipinski definition) is 5. The van der Waals surface area contributed by atoms with Crippen molar-refractivity contribution in [2.45, 2.75) is 12.5 Å². The van der Waals surface area contributed by atoms with Gasteiger partial charge in [-0.2, -0.15) is 4.98 Å². The lowest BCUT2D eigenvalue weighted by Crippen LogP contribution is -2.22. The summed E-state index contributed by atoms with van der Waals surface area (Å²) < 4.78 is 63.3. The molecule has 1 amide bonds. The second kappa shape index (κ2) is 8.68. The minimum atomic E-state index is -1.40. The van der Waals surface area contributed by atoms with Crippen LogP contribution in [-0.2, 0) is 0 Å². The molecule has 31 heavy (non-hydrogen) atoms. The van der Waals surface area contributed by atoms with Gasteiger partial charge in [0.15, 0.2) is 0 Å². The largest absolute Gasteiger partial charge is 0.471 e. The van der Waals surface area contributed by atoms with Crippen LogP contribution in [0.15, 0.2) is 42.9 Å². The van der Waals surface area contributed by atoms with Crippen molar-refractivity contribution in [3.63, 3.8) is 0 Å². The van der Waals surface area contributed by atoms with E-state index in [-0.39, 0.29) is 17.7 Å². The number of rotatable bonds is 5. The Bertz CT molecular complexity index is 1120. The number of nitrogens with zero attached hydrogens (tertiary/aromatic N) is 2. The average Bonchev–Trinajstić information content (AvgIpc) is 3.24. The number of anilines is 1. The van der Waals surface area contributed by atoms with E-state index >= 15 is 4.39 Å². The molecule has 10 heteroatoms. The van der Waals surface area contributed by atoms with E-state index in [1.54, 1.807) is 0 Å². The minimum absolute atomic E-state index is 0.0711. The SMILES string of the molecule is O=C(Nc1cncnc1O[C@@H]1CCNC1)c1ccc(F)c(-c2c(F)cccc2F)c1F. The Morgan fingerprint density at radius 1 is 1.06 bits per heavy atom. The number of ether oxygens (including phenoxy) is 1. The molecule has 1 aliphatic rings. The summed E-state index contributed by atoms with van der Waals surface area (Å²) >= 11 is 0. The molecule has 1 fully saturated rings. The van der Waals surface area contributed by atoms with Gasteiger partial charge in [0.1, 0.15) is 41.4 Å². The number of aromatic nitrogens is 2. The van der Waals surface area contributed by atoms with Crippen molar-refractivity contribution in [2.24, 2.45) is 0 Å². The fourth-order valence-electron chi connectivity index (χ4n) is 3.27. The van der Waals surface area contributed by atoms with E-state index in [1.165, 1.54) is 12.5 Å². The Hall–Kier alpha value is -3.53. The molecule has 4 rings (SSSR count). The fourth-order valence-corrected chi connectivity index (χ4v) is 3.27. The Labute approximate surface area is 174 Å². The molecule has 1 aliphatic heterocycles. The van der Waals surface area contributed by atoms with Gasteiger partial charge < -0.3 is 15.4 Å². The lowest BCUT2D eigenvalue weighted by atomic mass is 9.99. The van der Waals surface area contributed by atoms with Gasteiger partial charge in [0, 0.05) is 6.54 Å². The smallest absolute Gasteiger partial charge is 0.258 e. The molecule has 0 spiro atoms. The zero-order valence-corrected chi connectivity index (χ0v) is 16.0. The summed E-state index contributed by atoms with van der Waals surface area (Å²) in [5.74, 6) is -5.83. The maximum atomic E-state index is 15.1. The van der Waals surface area contributed by atoms with Crippen LogP contribution in [0, 0.1) is 23.3 Å². The van der Waals surface area contributed by atoms with Crippen molar-refractivity contribution in [2.75, 3.05) is 18.4 Å². The molecule has 0 saturated carbocycles. The molecule has 0 unspecified atom stereocenters. The molecule has 3 aromatic rings. The van der Waals surface area contributed by atoms with Crippen LogP contribution in [0.4, 0.5) is 23.2 Å². The number of carbonyl (C=O) groups excluding carboxylic acids is 1. The Balaban J connectivity index is 1.66. The highest BCUT2D eigenvalue weighted by Crippen LogP contribution is 2.33. The van der Waals surface area contributed by atoms with E-state index in [2.05, 4.69) is 20.6 Å². The van der Waals surface area contributed by atoms with Crippen LogP contribution < -0.4 is 15.4 Å². The van der Waals surface area contributed by atoms with Crippen LogP contribution in [0.5, 0.6) is 5.88 Å². The lowest BCUT2D eigenvalue weighted by molar-refractivity contribution is 0.102. The number of halogens is 4. The van der Waals surface area contributed by atoms with Crippen LogP contribution in [-0.4, -0.2) is 35.1 Å². The van der Waals surface area contributed by atoms with Crippen molar-refractivity contribution < 1.29 is 27.1 Å². The summed E-state index contributed by atoms with van der Waals surface area (Å²) in [5.41, 5.74) is -2.41. The van der Waals surface area contributed by atoms with Gasteiger partial charge >= 0.3 is 0 Å². The summed E-state index contributed by atoms with van der Waals surface area (Å²) in [6.07, 6.45) is 3.07. The van der Waals surface area contributed by atoms with E-state index < -0.39 is 45.9 Å². The number of hydrogen-bond donors (Lipinski definition) is 2. The molecule has 2 N–H and O–H groups in total. The van der Waals surface area contributed by atoms with E-state index in [1.807, 2.05) is 0 Å². The van der Waals surface area contributed by atoms with Gasteiger partial charge in [-0.25, -0.2) is 22.5 Å². The minimum Gasteiger partial charge on any atom is -0.471 e. The van der Waals surface area contributed by atoms with Gasteiger partial charge in [0.05, 0.1) is 22.9 Å². The zero-order chi connectivity index (χ0) is 22.0. The highest BCUT2D eigenvalue weighted by molar-refractivity contribution is 6.05. The van der Waals surface area contributed by atoms with Crippen molar-refractivity contribution in [3.8, 4) is 17.0 Å². The van der Waals surface area contributed by atoms with Crippen LogP contribution in [0.25, 0.3) is 11.1 Å². The molecule has 0 aliphatic carbocycles. The summed E-state index contributed by atoms with van der Waals surface area (Å²) in [5, 5.41) is 5.53. The number of amides is 1. The first-order valence-electron chi connectivity index (χ1n) is 9.37. The topological polar surface area (TPSA) is 76.1 Å². The molecular weight excluding hydrogens is 416 g/mol. The predicted octanol–water partition coefficient (Wildman–Crippen LogP) is 3.69. The molecule has 1 saturated heterocycles. The Morgan fingerprint density at radius 3 is 2.52 bits per heavy atom. The summed E-state index contributed by atoms with van der Waals surface area (Å²) in [6, 6.07) is 4.45. The fraction of sp³-hybridized carbons (Fsp3) is 0.190. The van der Waals surface area contributed by atoms with Gasteiger partial charge in [-0.05, 0) is 37.2 Å². The van der Waals surface area contributed by atoms with E-state index in [9.17, 15) is 18.0 Å². The standard InChI is InChI=1S/C21H16F4N4O2/c22-13-2-1-3-14(23)17(13)18-15(24)5-4-12(19(18)25)20(30)29-16-9-27-10-28-21(16)31-11-6-7-26-8-11/h1-5,9-11,26H,6-8H2,(H,29,30)/t11-/m1/s1. The first-order chi connectivity index (χ1) is 15.0. The summed E-state index contributed by atoms with van der Waals surface area (Å²) in [4.78, 5) is 20.5. The van der Waals surface area contributed by atoms with Gasteiger partial charge in [-0.15, -0.1) is 0 Å². The lowest BCUT2D eigenvalue weighted by Gasteiger charge is -2.15. The summed E-state index contributed by atoms with van der Waals surface area (Å²) in [7, 11) is 0. The third-order valence-electron chi connectivity index (χ3n) is 4.77. The van der Waals surface area contributed by atoms with Gasteiger partial charge in [-0.3, -0.25) is 4.79 Å². The van der Waals surface area contributed by atoms with Crippen LogP contribution >= 0.6 is 0 Å². The molecule has 160 valence electrons. The maximum Gasteiger partial charge on any atom is 0.258 e. The van der Waals surface area contributed by atoms with E-state index in [4.69, 9.17) is 4.74 Å². The van der Waals surface area contributed by atoms with E-state index in [0.29, 0.717) is 6.54 Å². The van der Waals surface area contributed by atoms with Crippen LogP contribution in [0.2, 0.25) is 0 Å². The first-order valence-corrected chi connectivity index (χ1v) is 9.37.